The molecule has 2 heterocycles. The van der Waals surface area contributed by atoms with E-state index in [2.05, 4.69) is 40.0 Å². The fraction of sp³-hybridized carbons (Fsp3) is 0.524. The summed E-state index contributed by atoms with van der Waals surface area (Å²) in [6.45, 7) is 8.89. The van der Waals surface area contributed by atoms with E-state index in [0.29, 0.717) is 42.3 Å². The Kier molecular flexibility index (Phi) is 6.96. The Morgan fingerprint density at radius 2 is 1.90 bits per heavy atom. The highest BCUT2D eigenvalue weighted by atomic mass is 16.2. The van der Waals surface area contributed by atoms with E-state index in [-0.39, 0.29) is 18.0 Å². The molecule has 0 radical (unpaired) electrons. The maximum atomic E-state index is 12.8. The molecule has 0 atom stereocenters. The van der Waals surface area contributed by atoms with E-state index >= 15 is 0 Å². The molecule has 2 aromatic rings. The van der Waals surface area contributed by atoms with Gasteiger partial charge < -0.3 is 5.32 Å². The highest BCUT2D eigenvalue weighted by Crippen LogP contribution is 2.11. The van der Waals surface area contributed by atoms with Gasteiger partial charge >= 0.3 is 0 Å². The highest BCUT2D eigenvalue weighted by molar-refractivity contribution is 5.78. The lowest BCUT2D eigenvalue weighted by Gasteiger charge is -2.34. The second kappa shape index (κ2) is 9.63. The number of aromatic nitrogens is 2. The molecule has 1 amide bonds. The Labute approximate surface area is 170 Å². The van der Waals surface area contributed by atoms with Crippen LogP contribution in [0.4, 0.5) is 0 Å². The fourth-order valence-electron chi connectivity index (χ4n) is 3.45. The van der Waals surface area contributed by atoms with Crippen molar-refractivity contribution in [1.82, 2.24) is 24.7 Å². The maximum Gasteiger partial charge on any atom is 0.262 e. The predicted molar refractivity (Wildman–Crippen MR) is 111 cm³/mol. The third-order valence-electron chi connectivity index (χ3n) is 5.07. The van der Waals surface area contributed by atoms with Gasteiger partial charge in [0.2, 0.25) is 5.91 Å². The van der Waals surface area contributed by atoms with Crippen LogP contribution in [0.2, 0.25) is 0 Å². The smallest absolute Gasteiger partial charge is 0.262 e. The van der Waals surface area contributed by atoms with Crippen molar-refractivity contribution >= 4 is 16.8 Å². The molecule has 1 aliphatic heterocycles. The first-order valence-corrected chi connectivity index (χ1v) is 10.0. The van der Waals surface area contributed by atoms with Crippen LogP contribution in [0.3, 0.4) is 0 Å². The highest BCUT2D eigenvalue weighted by Gasteiger charge is 2.21. The van der Waals surface area contributed by atoms with Crippen molar-refractivity contribution < 1.29 is 4.79 Å². The summed E-state index contributed by atoms with van der Waals surface area (Å²) in [4.78, 5) is 33.8. The largest absolute Gasteiger partial charge is 0.355 e. The number of benzene rings is 1. The molecule has 0 saturated carbocycles. The lowest BCUT2D eigenvalue weighted by molar-refractivity contribution is -0.122. The van der Waals surface area contributed by atoms with Crippen molar-refractivity contribution in [3.63, 3.8) is 0 Å². The van der Waals surface area contributed by atoms with Crippen LogP contribution < -0.4 is 10.9 Å². The average Bonchev–Trinajstić information content (AvgIpc) is 2.71. The van der Waals surface area contributed by atoms with Crippen molar-refractivity contribution in [1.29, 1.82) is 5.26 Å². The normalized spacial score (nSPS) is 15.5. The lowest BCUT2D eigenvalue weighted by atomic mass is 10.2. The summed E-state index contributed by atoms with van der Waals surface area (Å²) in [6, 6.07) is 9.29. The Hall–Kier alpha value is -2.76. The van der Waals surface area contributed by atoms with E-state index in [1.807, 2.05) is 12.1 Å². The van der Waals surface area contributed by atoms with E-state index in [1.54, 1.807) is 12.1 Å². The predicted octanol–water partition coefficient (Wildman–Crippen LogP) is 0.810. The Balaban J connectivity index is 1.64. The Morgan fingerprint density at radius 1 is 1.21 bits per heavy atom. The van der Waals surface area contributed by atoms with Crippen molar-refractivity contribution in [3.05, 3.63) is 40.4 Å². The van der Waals surface area contributed by atoms with E-state index in [1.165, 1.54) is 4.57 Å². The van der Waals surface area contributed by atoms with Crippen LogP contribution in [0, 0.1) is 17.2 Å². The summed E-state index contributed by atoms with van der Waals surface area (Å²) in [7, 11) is 0. The van der Waals surface area contributed by atoms with Gasteiger partial charge in [0, 0.05) is 32.7 Å². The topological polar surface area (TPSA) is 94.3 Å². The molecule has 1 aromatic carbocycles. The maximum absolute atomic E-state index is 12.8. The van der Waals surface area contributed by atoms with Crippen molar-refractivity contribution in [2.24, 2.45) is 5.92 Å². The van der Waals surface area contributed by atoms with Crippen molar-refractivity contribution in [3.8, 4) is 6.07 Å². The third-order valence-corrected chi connectivity index (χ3v) is 5.07. The number of nitrogens with one attached hydrogen (secondary N) is 1. The SMILES string of the molecule is CC(C)CNC(=O)CN1CCN(Cc2nc3ccccc3c(=O)n2CC#N)CC1. The first-order chi connectivity index (χ1) is 14.0. The summed E-state index contributed by atoms with van der Waals surface area (Å²) in [5.74, 6) is 1.11. The van der Waals surface area contributed by atoms with Gasteiger partial charge in [0.25, 0.3) is 5.56 Å². The number of hydrogen-bond acceptors (Lipinski definition) is 6. The van der Waals surface area contributed by atoms with Gasteiger partial charge in [0.15, 0.2) is 0 Å². The zero-order chi connectivity index (χ0) is 20.8. The number of nitriles is 1. The molecule has 1 saturated heterocycles. The van der Waals surface area contributed by atoms with Gasteiger partial charge in [-0.2, -0.15) is 5.26 Å². The minimum atomic E-state index is -0.174. The molecule has 0 spiro atoms. The zero-order valence-corrected chi connectivity index (χ0v) is 17.1. The molecule has 154 valence electrons. The zero-order valence-electron chi connectivity index (χ0n) is 17.1. The second-order valence-electron chi connectivity index (χ2n) is 7.84. The van der Waals surface area contributed by atoms with E-state index in [9.17, 15) is 9.59 Å². The number of carbonyl (C=O) groups excluding carboxylic acids is 1. The van der Waals surface area contributed by atoms with Crippen LogP contribution in [-0.4, -0.2) is 64.5 Å². The summed E-state index contributed by atoms with van der Waals surface area (Å²) in [5.41, 5.74) is 0.481. The molecule has 8 heteroatoms. The average molecular weight is 396 g/mol. The van der Waals surface area contributed by atoms with Crippen LogP contribution in [0.5, 0.6) is 0 Å². The van der Waals surface area contributed by atoms with E-state index < -0.39 is 0 Å². The molecule has 3 rings (SSSR count). The van der Waals surface area contributed by atoms with Crippen molar-refractivity contribution in [2.75, 3.05) is 39.3 Å². The van der Waals surface area contributed by atoms with Gasteiger partial charge in [0.05, 0.1) is 30.1 Å². The first-order valence-electron chi connectivity index (χ1n) is 10.0. The summed E-state index contributed by atoms with van der Waals surface area (Å²) >= 11 is 0. The summed E-state index contributed by atoms with van der Waals surface area (Å²) < 4.78 is 1.47. The molecule has 1 aliphatic rings. The van der Waals surface area contributed by atoms with Crippen molar-refractivity contribution in [2.45, 2.75) is 26.9 Å². The number of piperazine rings is 1. The van der Waals surface area contributed by atoms with E-state index in [4.69, 9.17) is 5.26 Å². The Morgan fingerprint density at radius 3 is 2.59 bits per heavy atom. The number of para-hydroxylation sites is 1. The fourth-order valence-corrected chi connectivity index (χ4v) is 3.45. The van der Waals surface area contributed by atoms with Gasteiger partial charge in [0.1, 0.15) is 12.4 Å². The molecule has 1 N–H and O–H groups in total. The number of fused-ring (bicyclic) bond motifs is 1. The minimum absolute atomic E-state index is 0.0119. The molecule has 8 nitrogen and oxygen atoms in total. The number of hydrogen-bond donors (Lipinski definition) is 1. The molecular formula is C21H28N6O2. The van der Waals surface area contributed by atoms with Crippen LogP contribution in [-0.2, 0) is 17.9 Å². The molecule has 1 aromatic heterocycles. The quantitative estimate of drug-likeness (QED) is 0.744. The first kappa shape index (κ1) is 21.0. The van der Waals surface area contributed by atoms with Crippen LogP contribution >= 0.6 is 0 Å². The lowest BCUT2D eigenvalue weighted by Crippen LogP contribution is -2.49. The van der Waals surface area contributed by atoms with Gasteiger partial charge in [-0.25, -0.2) is 4.98 Å². The van der Waals surface area contributed by atoms with Gasteiger partial charge in [-0.15, -0.1) is 0 Å². The van der Waals surface area contributed by atoms with E-state index in [0.717, 1.165) is 26.2 Å². The molecule has 0 bridgehead atoms. The summed E-state index contributed by atoms with van der Waals surface area (Å²) in [6.07, 6.45) is 0. The number of amides is 1. The number of carbonyl (C=O) groups is 1. The summed E-state index contributed by atoms with van der Waals surface area (Å²) in [5, 5.41) is 12.6. The molecular weight excluding hydrogens is 368 g/mol. The molecule has 1 fully saturated rings. The monoisotopic (exact) mass is 396 g/mol. The standard InChI is InChI=1S/C21H28N6O2/c1-16(2)13-23-20(28)15-26-11-9-25(10-12-26)14-19-24-18-6-4-3-5-17(18)21(29)27(19)8-7-22/h3-6,16H,8-15H2,1-2H3,(H,23,28). The number of rotatable bonds is 7. The van der Waals surface area contributed by atoms with Gasteiger partial charge in [-0.3, -0.25) is 24.0 Å². The van der Waals surface area contributed by atoms with Crippen LogP contribution in [0.15, 0.2) is 29.1 Å². The molecule has 0 unspecified atom stereocenters. The van der Waals surface area contributed by atoms with Crippen LogP contribution in [0.1, 0.15) is 19.7 Å². The molecule has 0 aliphatic carbocycles. The Bertz CT molecular complexity index is 954. The minimum Gasteiger partial charge on any atom is -0.355 e. The third kappa shape index (κ3) is 5.40. The van der Waals surface area contributed by atoms with Gasteiger partial charge in [-0.1, -0.05) is 26.0 Å². The van der Waals surface area contributed by atoms with Gasteiger partial charge in [-0.05, 0) is 18.1 Å². The molecule has 29 heavy (non-hydrogen) atoms. The number of nitrogens with zero attached hydrogens (tertiary/aromatic N) is 5. The van der Waals surface area contributed by atoms with Crippen LogP contribution in [0.25, 0.3) is 10.9 Å². The second-order valence-corrected chi connectivity index (χ2v) is 7.84.